The standard InChI is InChI=1S/C11H12Cl2N2O/c12-8-3-1-4-9(11(8)13)15-6-2-5-14-10(16)7-15/h1,3-4H,2,5-7H2,(H,14,16). The number of halogens is 2. The van der Waals surface area contributed by atoms with Crippen LogP contribution in [0.1, 0.15) is 6.42 Å². The highest BCUT2D eigenvalue weighted by atomic mass is 35.5. The fourth-order valence-corrected chi connectivity index (χ4v) is 2.16. The molecule has 1 saturated heterocycles. The molecule has 1 aromatic rings. The maximum absolute atomic E-state index is 11.4. The Morgan fingerprint density at radius 1 is 1.31 bits per heavy atom. The molecule has 1 amide bonds. The summed E-state index contributed by atoms with van der Waals surface area (Å²) < 4.78 is 0. The molecule has 86 valence electrons. The number of carbonyl (C=O) groups excluding carboxylic acids is 1. The molecular weight excluding hydrogens is 247 g/mol. The molecule has 0 saturated carbocycles. The highest BCUT2D eigenvalue weighted by Gasteiger charge is 2.17. The first-order chi connectivity index (χ1) is 7.68. The minimum atomic E-state index is 0.0218. The largest absolute Gasteiger partial charge is 0.361 e. The lowest BCUT2D eigenvalue weighted by Crippen LogP contribution is -2.33. The Kier molecular flexibility index (Phi) is 3.56. The monoisotopic (exact) mass is 258 g/mol. The molecule has 1 aliphatic rings. The van der Waals surface area contributed by atoms with Crippen molar-refractivity contribution >= 4 is 34.8 Å². The first kappa shape index (κ1) is 11.6. The zero-order valence-electron chi connectivity index (χ0n) is 8.67. The van der Waals surface area contributed by atoms with Crippen LogP contribution in [0.3, 0.4) is 0 Å². The van der Waals surface area contributed by atoms with Gasteiger partial charge in [-0.15, -0.1) is 0 Å². The van der Waals surface area contributed by atoms with Crippen LogP contribution in [0.5, 0.6) is 0 Å². The second-order valence-corrected chi connectivity index (χ2v) is 4.48. The highest BCUT2D eigenvalue weighted by molar-refractivity contribution is 6.43. The van der Waals surface area contributed by atoms with Crippen molar-refractivity contribution in [3.8, 4) is 0 Å². The first-order valence-corrected chi connectivity index (χ1v) is 5.90. The van der Waals surface area contributed by atoms with Gasteiger partial charge in [0.1, 0.15) is 0 Å². The van der Waals surface area contributed by atoms with Gasteiger partial charge in [0.25, 0.3) is 0 Å². The maximum atomic E-state index is 11.4. The van der Waals surface area contributed by atoms with E-state index in [9.17, 15) is 4.79 Å². The van der Waals surface area contributed by atoms with Gasteiger partial charge in [-0.1, -0.05) is 29.3 Å². The zero-order chi connectivity index (χ0) is 11.5. The molecule has 0 atom stereocenters. The van der Waals surface area contributed by atoms with Gasteiger partial charge in [0.05, 0.1) is 22.3 Å². The number of hydrogen-bond donors (Lipinski definition) is 1. The van der Waals surface area contributed by atoms with E-state index in [2.05, 4.69) is 5.32 Å². The van der Waals surface area contributed by atoms with E-state index in [1.165, 1.54) is 0 Å². The molecule has 1 heterocycles. The Morgan fingerprint density at radius 3 is 2.94 bits per heavy atom. The van der Waals surface area contributed by atoms with Crippen LogP contribution >= 0.6 is 23.2 Å². The van der Waals surface area contributed by atoms with Crippen molar-refractivity contribution in [2.45, 2.75) is 6.42 Å². The lowest BCUT2D eigenvalue weighted by Gasteiger charge is -2.22. The van der Waals surface area contributed by atoms with E-state index in [1.54, 1.807) is 6.07 Å². The molecule has 0 aromatic heterocycles. The fourth-order valence-electron chi connectivity index (χ4n) is 1.75. The lowest BCUT2D eigenvalue weighted by molar-refractivity contribution is -0.119. The SMILES string of the molecule is O=C1CN(c2cccc(Cl)c2Cl)CCCN1. The molecular formula is C11H12Cl2N2O. The van der Waals surface area contributed by atoms with Gasteiger partial charge in [-0.25, -0.2) is 0 Å². The maximum Gasteiger partial charge on any atom is 0.239 e. The third-order valence-electron chi connectivity index (χ3n) is 2.53. The number of amides is 1. The Bertz CT molecular complexity index is 409. The van der Waals surface area contributed by atoms with Gasteiger partial charge < -0.3 is 10.2 Å². The van der Waals surface area contributed by atoms with Gasteiger partial charge >= 0.3 is 0 Å². The first-order valence-electron chi connectivity index (χ1n) is 5.14. The number of nitrogens with one attached hydrogen (secondary N) is 1. The minimum Gasteiger partial charge on any atom is -0.361 e. The van der Waals surface area contributed by atoms with E-state index in [1.807, 2.05) is 17.0 Å². The van der Waals surface area contributed by atoms with Crippen molar-refractivity contribution in [1.82, 2.24) is 5.32 Å². The molecule has 0 spiro atoms. The van der Waals surface area contributed by atoms with Crippen molar-refractivity contribution in [3.63, 3.8) is 0 Å². The fraction of sp³-hybridized carbons (Fsp3) is 0.364. The van der Waals surface area contributed by atoms with Gasteiger partial charge in [-0.3, -0.25) is 4.79 Å². The van der Waals surface area contributed by atoms with Crippen LogP contribution in [0.15, 0.2) is 18.2 Å². The molecule has 3 nitrogen and oxygen atoms in total. The molecule has 0 unspecified atom stereocenters. The minimum absolute atomic E-state index is 0.0218. The summed E-state index contributed by atoms with van der Waals surface area (Å²) in [4.78, 5) is 13.4. The summed E-state index contributed by atoms with van der Waals surface area (Å²) in [6.45, 7) is 1.85. The molecule has 1 fully saturated rings. The molecule has 1 aliphatic heterocycles. The number of rotatable bonds is 1. The molecule has 2 rings (SSSR count). The van der Waals surface area contributed by atoms with Crippen LogP contribution in [-0.2, 0) is 4.79 Å². The highest BCUT2D eigenvalue weighted by Crippen LogP contribution is 2.32. The number of nitrogens with zero attached hydrogens (tertiary/aromatic N) is 1. The predicted molar refractivity (Wildman–Crippen MR) is 66.3 cm³/mol. The summed E-state index contributed by atoms with van der Waals surface area (Å²) in [7, 11) is 0. The van der Waals surface area contributed by atoms with E-state index >= 15 is 0 Å². The summed E-state index contributed by atoms with van der Waals surface area (Å²) in [5.74, 6) is 0.0218. The summed E-state index contributed by atoms with van der Waals surface area (Å²) in [5.41, 5.74) is 0.825. The van der Waals surface area contributed by atoms with Gasteiger partial charge in [-0.2, -0.15) is 0 Å². The summed E-state index contributed by atoms with van der Waals surface area (Å²) >= 11 is 12.1. The number of carbonyl (C=O) groups is 1. The van der Waals surface area contributed by atoms with Crippen molar-refractivity contribution in [3.05, 3.63) is 28.2 Å². The van der Waals surface area contributed by atoms with E-state index in [0.717, 1.165) is 18.7 Å². The third-order valence-corrected chi connectivity index (χ3v) is 3.34. The number of benzene rings is 1. The quantitative estimate of drug-likeness (QED) is 0.839. The second-order valence-electron chi connectivity index (χ2n) is 3.70. The van der Waals surface area contributed by atoms with Gasteiger partial charge in [0.2, 0.25) is 5.91 Å². The van der Waals surface area contributed by atoms with Gasteiger partial charge in [0.15, 0.2) is 0 Å². The van der Waals surface area contributed by atoms with E-state index < -0.39 is 0 Å². The van der Waals surface area contributed by atoms with Crippen LogP contribution in [0.2, 0.25) is 10.0 Å². The summed E-state index contributed by atoms with van der Waals surface area (Å²) in [5, 5.41) is 3.85. The van der Waals surface area contributed by atoms with Gasteiger partial charge in [0, 0.05) is 13.1 Å². The topological polar surface area (TPSA) is 32.3 Å². The Labute approximate surface area is 104 Å². The summed E-state index contributed by atoms with van der Waals surface area (Å²) in [6.07, 6.45) is 0.911. The van der Waals surface area contributed by atoms with E-state index in [0.29, 0.717) is 23.1 Å². The second kappa shape index (κ2) is 4.93. The molecule has 1 N–H and O–H groups in total. The molecule has 1 aromatic carbocycles. The lowest BCUT2D eigenvalue weighted by atomic mass is 10.2. The smallest absolute Gasteiger partial charge is 0.239 e. The Morgan fingerprint density at radius 2 is 2.12 bits per heavy atom. The van der Waals surface area contributed by atoms with Crippen LogP contribution < -0.4 is 10.2 Å². The normalized spacial score (nSPS) is 16.9. The Balaban J connectivity index is 2.28. The van der Waals surface area contributed by atoms with Crippen LogP contribution in [0.25, 0.3) is 0 Å². The van der Waals surface area contributed by atoms with Crippen molar-refractivity contribution in [2.75, 3.05) is 24.5 Å². The van der Waals surface area contributed by atoms with Crippen molar-refractivity contribution in [2.24, 2.45) is 0 Å². The zero-order valence-corrected chi connectivity index (χ0v) is 10.2. The van der Waals surface area contributed by atoms with Crippen LogP contribution in [0, 0.1) is 0 Å². The average Bonchev–Trinajstić information content (AvgIpc) is 2.47. The molecule has 0 radical (unpaired) electrons. The van der Waals surface area contributed by atoms with Crippen LogP contribution in [0.4, 0.5) is 5.69 Å². The van der Waals surface area contributed by atoms with Crippen LogP contribution in [-0.4, -0.2) is 25.5 Å². The molecule has 5 heteroatoms. The van der Waals surface area contributed by atoms with E-state index in [4.69, 9.17) is 23.2 Å². The molecule has 0 bridgehead atoms. The number of hydrogen-bond acceptors (Lipinski definition) is 2. The molecule has 0 aliphatic carbocycles. The van der Waals surface area contributed by atoms with Gasteiger partial charge in [-0.05, 0) is 18.6 Å². The van der Waals surface area contributed by atoms with E-state index in [-0.39, 0.29) is 5.91 Å². The average molecular weight is 259 g/mol. The third kappa shape index (κ3) is 2.42. The van der Waals surface area contributed by atoms with Crippen molar-refractivity contribution in [1.29, 1.82) is 0 Å². The molecule has 16 heavy (non-hydrogen) atoms. The number of anilines is 1. The predicted octanol–water partition coefficient (Wildman–Crippen LogP) is 2.32. The summed E-state index contributed by atoms with van der Waals surface area (Å²) in [6, 6.07) is 5.46. The van der Waals surface area contributed by atoms with Crippen molar-refractivity contribution < 1.29 is 4.79 Å². The Hall–Kier alpha value is -0.930.